The van der Waals surface area contributed by atoms with Crippen LogP contribution in [0.15, 0.2) is 0 Å². The minimum Gasteiger partial charge on any atom is -0.0619 e. The highest BCUT2D eigenvalue weighted by atomic mass is 127. The smallest absolute Gasteiger partial charge is 0.0619 e. The van der Waals surface area contributed by atoms with E-state index >= 15 is 0 Å². The van der Waals surface area contributed by atoms with Crippen LogP contribution in [0.5, 0.6) is 0 Å². The van der Waals surface area contributed by atoms with Crippen LogP contribution in [0.25, 0.3) is 0 Å². The molecule has 0 saturated carbocycles. The topological polar surface area (TPSA) is 0 Å². The molecule has 0 fully saturated rings. The number of halogens is 1. The van der Waals surface area contributed by atoms with E-state index in [1.54, 1.807) is 0 Å². The predicted molar refractivity (Wildman–Crippen MR) is 66.4 cm³/mol. The van der Waals surface area contributed by atoms with Crippen molar-refractivity contribution in [2.75, 3.05) is 18.5 Å². The molecule has 0 N–H and O–H groups in total. The molecule has 0 amide bonds. The molecule has 0 aromatic carbocycles. The Morgan fingerprint density at radius 1 is 0.818 bits per heavy atom. The Bertz CT molecular complexity index is 76.5. The van der Waals surface area contributed by atoms with Crippen molar-refractivity contribution in [2.45, 2.75) is 40.0 Å². The van der Waals surface area contributed by atoms with Gasteiger partial charge in [0.05, 0.1) is 23.4 Å². The van der Waals surface area contributed by atoms with Crippen molar-refractivity contribution in [1.29, 1.82) is 0 Å². The van der Waals surface area contributed by atoms with Gasteiger partial charge in [0, 0.05) is 0 Å². The van der Waals surface area contributed by atoms with E-state index in [0.29, 0.717) is 0 Å². The number of hydrogen-bond acceptors (Lipinski definition) is 0. The molecule has 0 saturated heterocycles. The molecule has 0 aromatic heterocycles. The highest BCUT2D eigenvalue weighted by Crippen LogP contribution is 2.67. The summed E-state index contributed by atoms with van der Waals surface area (Å²) in [4.78, 5) is -0.499. The molecule has 0 aliphatic rings. The van der Waals surface area contributed by atoms with E-state index in [2.05, 4.69) is 42.8 Å². The summed E-state index contributed by atoms with van der Waals surface area (Å²) in [5.41, 5.74) is 0. The molecule has 0 unspecified atom stereocenters. The molecule has 11 heavy (non-hydrogen) atoms. The monoisotopic (exact) mass is 287 g/mol. The van der Waals surface area contributed by atoms with E-state index < -0.39 is 4.90 Å². The fourth-order valence-electron chi connectivity index (χ4n) is 1.54. The third-order valence-electron chi connectivity index (χ3n) is 1.87. The molecule has 0 rings (SSSR count). The van der Waals surface area contributed by atoms with Crippen LogP contribution >= 0.6 is 26.9 Å². The maximum atomic E-state index is 2.79. The van der Waals surface area contributed by atoms with Crippen molar-refractivity contribution >= 4 is 26.9 Å². The molecule has 0 aromatic rings. The molecule has 2 heteroatoms. The zero-order valence-electron chi connectivity index (χ0n) is 8.07. The summed E-state index contributed by atoms with van der Waals surface area (Å²) in [5.74, 6) is 0. The fourth-order valence-corrected chi connectivity index (χ4v) is 8.95. The van der Waals surface area contributed by atoms with Crippen LogP contribution in [0.2, 0.25) is 0 Å². The van der Waals surface area contributed by atoms with Crippen molar-refractivity contribution in [3.05, 3.63) is 0 Å². The molecule has 0 bridgehead atoms. The molecule has 0 heterocycles. The summed E-state index contributed by atoms with van der Waals surface area (Å²) in [6, 6.07) is 0. The summed E-state index contributed by atoms with van der Waals surface area (Å²) < 4.78 is 0. The number of hydrogen-bond donors (Lipinski definition) is 0. The summed E-state index contributed by atoms with van der Waals surface area (Å²) >= 11 is 2.79. The van der Waals surface area contributed by atoms with Gasteiger partial charge in [-0.3, -0.25) is 0 Å². The first-order chi connectivity index (χ1) is 5.18. The Hall–Kier alpha value is 1.16. The molecule has 0 aliphatic heterocycles. The van der Waals surface area contributed by atoms with Crippen LogP contribution in [0.3, 0.4) is 0 Å². The van der Waals surface area contributed by atoms with E-state index in [9.17, 15) is 0 Å². The lowest BCUT2D eigenvalue weighted by Gasteiger charge is -2.17. The first-order valence-corrected chi connectivity index (χ1v) is 9.87. The third kappa shape index (κ3) is 5.41. The summed E-state index contributed by atoms with van der Waals surface area (Å²) in [6.45, 7) is 6.95. The van der Waals surface area contributed by atoms with Crippen LogP contribution in [0.4, 0.5) is 0 Å². The lowest BCUT2D eigenvalue weighted by atomic mass is 10.6. The van der Waals surface area contributed by atoms with Crippen LogP contribution in [0.1, 0.15) is 40.0 Å². The van der Waals surface area contributed by atoms with Crippen LogP contribution in [-0.4, -0.2) is 18.5 Å². The quantitative estimate of drug-likeness (QED) is 0.495. The Labute approximate surface area is 85.3 Å². The van der Waals surface area contributed by atoms with Crippen molar-refractivity contribution in [2.24, 2.45) is 0 Å². The second-order valence-corrected chi connectivity index (χ2v) is 12.7. The molecule has 68 valence electrons. The van der Waals surface area contributed by atoms with Crippen molar-refractivity contribution < 1.29 is 0 Å². The summed E-state index contributed by atoms with van der Waals surface area (Å²) in [5, 5.41) is 0. The molecule has 0 nitrogen and oxygen atoms in total. The van der Waals surface area contributed by atoms with Crippen LogP contribution in [-0.2, 0) is 0 Å². The van der Waals surface area contributed by atoms with E-state index in [1.165, 1.54) is 37.7 Å². The van der Waals surface area contributed by atoms with Gasteiger partial charge < -0.3 is 0 Å². The lowest BCUT2D eigenvalue weighted by molar-refractivity contribution is 1.02. The zero-order valence-corrected chi connectivity index (χ0v) is 11.1. The van der Waals surface area contributed by atoms with Gasteiger partial charge in [-0.1, -0.05) is 20.8 Å². The van der Waals surface area contributed by atoms with Gasteiger partial charge in [-0.05, 0) is 19.3 Å². The van der Waals surface area contributed by atoms with Gasteiger partial charge in [0.2, 0.25) is 0 Å². The molecule has 0 atom stereocenters. The lowest BCUT2D eigenvalue weighted by Crippen LogP contribution is -1.99. The Kier molecular flexibility index (Phi) is 7.35. The van der Waals surface area contributed by atoms with E-state index in [4.69, 9.17) is 0 Å². The highest BCUT2D eigenvalue weighted by Gasteiger charge is 2.30. The van der Waals surface area contributed by atoms with E-state index in [-0.39, 0.29) is 0 Å². The Morgan fingerprint density at radius 3 is 1.27 bits per heavy atom. The maximum absolute atomic E-state index is 2.79. The maximum Gasteiger partial charge on any atom is 0.154 e. The Morgan fingerprint density at radius 2 is 1.09 bits per heavy atom. The van der Waals surface area contributed by atoms with Gasteiger partial charge in [0.15, 0.2) is 22.0 Å². The van der Waals surface area contributed by atoms with Gasteiger partial charge in [-0.15, -0.1) is 0 Å². The minimum atomic E-state index is -0.499. The third-order valence-corrected chi connectivity index (χ3v) is 9.96. The minimum absolute atomic E-state index is 0.499. The van der Waals surface area contributed by atoms with Gasteiger partial charge in [-0.25, -0.2) is 0 Å². The second-order valence-electron chi connectivity index (χ2n) is 3.20. The SMILES string of the molecule is CCC[P+](I)(CCC)CCC. The normalized spacial score (nSPS) is 12.0. The van der Waals surface area contributed by atoms with E-state index in [0.717, 1.165) is 0 Å². The molecular weight excluding hydrogens is 266 g/mol. The molecule has 0 spiro atoms. The second kappa shape index (κ2) is 6.65. The molecular formula is C9H21IP+. The predicted octanol–water partition coefficient (Wildman–Crippen LogP) is 4.58. The zero-order chi connectivity index (χ0) is 8.74. The van der Waals surface area contributed by atoms with Gasteiger partial charge in [-0.2, -0.15) is 0 Å². The largest absolute Gasteiger partial charge is 0.154 e. The van der Waals surface area contributed by atoms with Crippen LogP contribution in [0, 0.1) is 0 Å². The average molecular weight is 287 g/mol. The number of rotatable bonds is 6. The molecule has 0 radical (unpaired) electrons. The van der Waals surface area contributed by atoms with Gasteiger partial charge >= 0.3 is 0 Å². The summed E-state index contributed by atoms with van der Waals surface area (Å²) in [6.07, 6.45) is 8.68. The van der Waals surface area contributed by atoms with Crippen molar-refractivity contribution in [3.63, 3.8) is 0 Å². The van der Waals surface area contributed by atoms with Crippen molar-refractivity contribution in [1.82, 2.24) is 0 Å². The first-order valence-electron chi connectivity index (χ1n) is 4.74. The average Bonchev–Trinajstić information content (AvgIpc) is 1.88. The highest BCUT2D eigenvalue weighted by molar-refractivity contribution is 14.2. The fraction of sp³-hybridized carbons (Fsp3) is 1.00. The standard InChI is InChI=1S/C9H21IP/c1-4-7-11(10,8-5-2)9-6-3/h4-9H2,1-3H3/q+1. The Balaban J connectivity index is 3.79. The van der Waals surface area contributed by atoms with Gasteiger partial charge in [0.25, 0.3) is 0 Å². The molecule has 0 aliphatic carbocycles. The first kappa shape index (κ1) is 12.2. The van der Waals surface area contributed by atoms with Crippen molar-refractivity contribution in [3.8, 4) is 0 Å². The van der Waals surface area contributed by atoms with Gasteiger partial charge in [0.1, 0.15) is 0 Å². The summed E-state index contributed by atoms with van der Waals surface area (Å²) in [7, 11) is 0. The van der Waals surface area contributed by atoms with Crippen LogP contribution < -0.4 is 0 Å². The van der Waals surface area contributed by atoms with E-state index in [1.807, 2.05) is 0 Å².